The van der Waals surface area contributed by atoms with Gasteiger partial charge in [0.1, 0.15) is 5.75 Å². The van der Waals surface area contributed by atoms with E-state index in [9.17, 15) is 5.26 Å². The van der Waals surface area contributed by atoms with Crippen molar-refractivity contribution in [2.75, 3.05) is 11.9 Å². The van der Waals surface area contributed by atoms with E-state index in [1.807, 2.05) is 46.0 Å². The van der Waals surface area contributed by atoms with E-state index in [1.165, 1.54) is 6.08 Å². The van der Waals surface area contributed by atoms with Crippen LogP contribution in [0.5, 0.6) is 17.6 Å². The van der Waals surface area contributed by atoms with Gasteiger partial charge in [-0.15, -0.1) is 0 Å². The SMILES string of the molecule is CCOc1nc2nc(NC34CC(C#N)(C3)C4)nc(Oc3c(C)cc(/C=C/C#N)cc3C)c2n1C. The van der Waals surface area contributed by atoms with E-state index in [2.05, 4.69) is 21.4 Å². The lowest BCUT2D eigenvalue weighted by Crippen LogP contribution is -2.70. The molecule has 0 radical (unpaired) electrons. The van der Waals surface area contributed by atoms with Crippen molar-refractivity contribution in [2.45, 2.75) is 45.6 Å². The first kappa shape index (κ1) is 21.7. The van der Waals surface area contributed by atoms with Crippen LogP contribution < -0.4 is 14.8 Å². The van der Waals surface area contributed by atoms with E-state index < -0.39 is 0 Å². The fraction of sp³-hybridized carbons (Fsp3) is 0.400. The summed E-state index contributed by atoms with van der Waals surface area (Å²) in [5.41, 5.74) is 3.56. The molecule has 9 heteroatoms. The predicted octanol–water partition coefficient (Wildman–Crippen LogP) is 4.57. The number of hydrogen-bond donors (Lipinski definition) is 1. The molecule has 3 saturated carbocycles. The van der Waals surface area contributed by atoms with Gasteiger partial charge in [0.2, 0.25) is 5.95 Å². The molecule has 3 aliphatic rings. The maximum atomic E-state index is 9.34. The number of nitriles is 2. The third-order valence-electron chi connectivity index (χ3n) is 6.61. The van der Waals surface area contributed by atoms with Crippen molar-refractivity contribution in [2.24, 2.45) is 12.5 Å². The molecule has 0 unspecified atom stereocenters. The molecule has 0 saturated heterocycles. The van der Waals surface area contributed by atoms with Crippen molar-refractivity contribution in [3.8, 4) is 29.8 Å². The Hall–Kier alpha value is -4.11. The summed E-state index contributed by atoms with van der Waals surface area (Å²) in [5.74, 6) is 1.49. The summed E-state index contributed by atoms with van der Waals surface area (Å²) in [4.78, 5) is 13.9. The van der Waals surface area contributed by atoms with Crippen molar-refractivity contribution in [1.82, 2.24) is 19.5 Å². The Balaban J connectivity index is 1.55. The zero-order valence-electron chi connectivity index (χ0n) is 19.6. The lowest BCUT2D eigenvalue weighted by Gasteiger charge is -2.66. The Morgan fingerprint density at radius 2 is 1.85 bits per heavy atom. The van der Waals surface area contributed by atoms with Gasteiger partial charge in [0.25, 0.3) is 11.9 Å². The van der Waals surface area contributed by atoms with Gasteiger partial charge in [-0.3, -0.25) is 4.57 Å². The fourth-order valence-electron chi connectivity index (χ4n) is 5.19. The van der Waals surface area contributed by atoms with E-state index in [0.717, 1.165) is 36.0 Å². The van der Waals surface area contributed by atoms with Crippen LogP contribution in [0.2, 0.25) is 0 Å². The summed E-state index contributed by atoms with van der Waals surface area (Å²) in [6, 6.07) is 8.81. The zero-order valence-corrected chi connectivity index (χ0v) is 19.6. The highest BCUT2D eigenvalue weighted by atomic mass is 16.5. The van der Waals surface area contributed by atoms with Gasteiger partial charge in [-0.2, -0.15) is 25.5 Å². The molecule has 9 nitrogen and oxygen atoms in total. The van der Waals surface area contributed by atoms with Crippen LogP contribution in [-0.4, -0.2) is 31.7 Å². The molecule has 1 N–H and O–H groups in total. The smallest absolute Gasteiger partial charge is 0.298 e. The topological polar surface area (TPSA) is 122 Å². The molecule has 172 valence electrons. The number of aryl methyl sites for hydroxylation is 3. The second-order valence-corrected chi connectivity index (χ2v) is 9.29. The van der Waals surface area contributed by atoms with Crippen molar-refractivity contribution in [3.05, 3.63) is 34.9 Å². The standard InChI is InChI=1S/C25H25N7O2/c1-5-33-23-29-20-18(32(23)4)21(30-22(28-20)31-25-11-24(12-25,13-25)14-27)34-19-15(2)9-17(7-6-8-26)10-16(19)3/h6-7,9-10H,5,11-13H2,1-4H3,(H,28,30,31)/b7-6+. The van der Waals surface area contributed by atoms with Crippen LogP contribution in [0.15, 0.2) is 18.2 Å². The van der Waals surface area contributed by atoms with Gasteiger partial charge in [0.05, 0.1) is 24.2 Å². The number of rotatable bonds is 7. The second kappa shape index (κ2) is 7.74. The normalized spacial score (nSPS) is 22.5. The number of nitrogens with one attached hydrogen (secondary N) is 1. The molecule has 3 aromatic rings. The quantitative estimate of drug-likeness (QED) is 0.514. The van der Waals surface area contributed by atoms with Crippen molar-refractivity contribution in [3.63, 3.8) is 0 Å². The zero-order chi connectivity index (χ0) is 24.1. The first-order valence-electron chi connectivity index (χ1n) is 11.2. The summed E-state index contributed by atoms with van der Waals surface area (Å²) in [6.07, 6.45) is 5.62. The minimum Gasteiger partial charge on any atom is -0.465 e. The third kappa shape index (κ3) is 3.41. The predicted molar refractivity (Wildman–Crippen MR) is 126 cm³/mol. The van der Waals surface area contributed by atoms with E-state index in [4.69, 9.17) is 19.7 Å². The Labute approximate surface area is 197 Å². The summed E-state index contributed by atoms with van der Waals surface area (Å²) in [5, 5.41) is 21.6. The summed E-state index contributed by atoms with van der Waals surface area (Å²) in [7, 11) is 1.84. The Morgan fingerprint density at radius 1 is 1.15 bits per heavy atom. The highest BCUT2D eigenvalue weighted by Crippen LogP contribution is 2.67. The van der Waals surface area contributed by atoms with Crippen LogP contribution in [0.4, 0.5) is 5.95 Å². The largest absolute Gasteiger partial charge is 0.465 e. The highest BCUT2D eigenvalue weighted by Gasteiger charge is 2.69. The average Bonchev–Trinajstić information content (AvgIpc) is 3.06. The first-order chi connectivity index (χ1) is 16.3. The minimum absolute atomic E-state index is 0.126. The third-order valence-corrected chi connectivity index (χ3v) is 6.61. The molecular formula is C25H25N7O2. The molecule has 2 aromatic heterocycles. The summed E-state index contributed by atoms with van der Waals surface area (Å²) < 4.78 is 13.9. The van der Waals surface area contributed by atoms with Crippen molar-refractivity contribution >= 4 is 23.2 Å². The number of hydrogen-bond acceptors (Lipinski definition) is 8. The number of imidazole rings is 1. The van der Waals surface area contributed by atoms with E-state index >= 15 is 0 Å². The lowest BCUT2D eigenvalue weighted by atomic mass is 9.40. The van der Waals surface area contributed by atoms with Crippen LogP contribution in [0.1, 0.15) is 42.9 Å². The van der Waals surface area contributed by atoms with Gasteiger partial charge in [0, 0.05) is 18.7 Å². The Morgan fingerprint density at radius 3 is 2.47 bits per heavy atom. The first-order valence-corrected chi connectivity index (χ1v) is 11.2. The molecule has 0 spiro atoms. The average molecular weight is 456 g/mol. The number of ether oxygens (including phenoxy) is 2. The van der Waals surface area contributed by atoms with Crippen molar-refractivity contribution in [1.29, 1.82) is 10.5 Å². The monoisotopic (exact) mass is 455 g/mol. The van der Waals surface area contributed by atoms with Crippen LogP contribution in [0.3, 0.4) is 0 Å². The molecule has 1 aromatic carbocycles. The number of benzene rings is 1. The van der Waals surface area contributed by atoms with Gasteiger partial charge in [-0.25, -0.2) is 0 Å². The maximum absolute atomic E-state index is 9.34. The molecule has 3 aliphatic carbocycles. The minimum atomic E-state index is -0.181. The molecule has 6 rings (SSSR count). The Kier molecular flexibility index (Phi) is 4.94. The summed E-state index contributed by atoms with van der Waals surface area (Å²) >= 11 is 0. The number of aromatic nitrogens is 4. The molecular weight excluding hydrogens is 430 g/mol. The molecule has 0 atom stereocenters. The van der Waals surface area contributed by atoms with Crippen molar-refractivity contribution < 1.29 is 9.47 Å². The van der Waals surface area contributed by atoms with E-state index in [1.54, 1.807) is 10.6 Å². The van der Waals surface area contributed by atoms with E-state index in [-0.39, 0.29) is 11.0 Å². The number of anilines is 1. The van der Waals surface area contributed by atoms with Crippen LogP contribution >= 0.6 is 0 Å². The number of allylic oxidation sites excluding steroid dienone is 1. The van der Waals surface area contributed by atoms with Gasteiger partial charge < -0.3 is 14.8 Å². The van der Waals surface area contributed by atoms with E-state index in [0.29, 0.717) is 41.4 Å². The van der Waals surface area contributed by atoms with Crippen LogP contribution in [0.25, 0.3) is 17.2 Å². The number of nitrogens with zero attached hydrogens (tertiary/aromatic N) is 6. The molecule has 0 aliphatic heterocycles. The molecule has 2 bridgehead atoms. The summed E-state index contributed by atoms with van der Waals surface area (Å²) in [6.45, 7) is 6.29. The van der Waals surface area contributed by atoms with Gasteiger partial charge in [-0.1, -0.05) is 0 Å². The van der Waals surface area contributed by atoms with Crippen LogP contribution in [-0.2, 0) is 7.05 Å². The number of fused-ring (bicyclic) bond motifs is 1. The van der Waals surface area contributed by atoms with Gasteiger partial charge in [-0.05, 0) is 74.9 Å². The molecule has 34 heavy (non-hydrogen) atoms. The maximum Gasteiger partial charge on any atom is 0.298 e. The molecule has 2 heterocycles. The fourth-order valence-corrected chi connectivity index (χ4v) is 5.19. The van der Waals surface area contributed by atoms with Gasteiger partial charge >= 0.3 is 0 Å². The van der Waals surface area contributed by atoms with Crippen LogP contribution in [0, 0.1) is 41.9 Å². The van der Waals surface area contributed by atoms with Gasteiger partial charge in [0.15, 0.2) is 11.2 Å². The molecule has 0 amide bonds. The second-order valence-electron chi connectivity index (χ2n) is 9.29. The highest BCUT2D eigenvalue weighted by molar-refractivity contribution is 5.80. The lowest BCUT2D eigenvalue weighted by molar-refractivity contribution is -0.0665. The molecule has 3 fully saturated rings. The Bertz CT molecular complexity index is 1380.